The second-order valence-electron chi connectivity index (χ2n) is 5.74. The first kappa shape index (κ1) is 20.6. The third-order valence-corrected chi connectivity index (χ3v) is 4.24. The zero-order chi connectivity index (χ0) is 19.6. The molecule has 27 heavy (non-hydrogen) atoms. The van der Waals surface area contributed by atoms with Crippen molar-refractivity contribution in [2.24, 2.45) is 0 Å². The van der Waals surface area contributed by atoms with Crippen molar-refractivity contribution in [1.82, 2.24) is 10.9 Å². The Kier molecular flexibility index (Phi) is 8.00. The van der Waals surface area contributed by atoms with Crippen LogP contribution in [0.15, 0.2) is 48.5 Å². The van der Waals surface area contributed by atoms with E-state index >= 15 is 0 Å². The molecule has 2 amide bonds. The van der Waals surface area contributed by atoms with Crippen LogP contribution >= 0.6 is 11.8 Å². The first-order valence-corrected chi connectivity index (χ1v) is 10.0. The van der Waals surface area contributed by atoms with Crippen LogP contribution in [0, 0.1) is 0 Å². The van der Waals surface area contributed by atoms with Crippen LogP contribution in [0.1, 0.15) is 29.8 Å². The number of hydrazine groups is 1. The van der Waals surface area contributed by atoms with Gasteiger partial charge in [0.25, 0.3) is 11.8 Å². The molecule has 1 atom stereocenters. The maximum absolute atomic E-state index is 12.2. The molecule has 0 saturated carbocycles. The average molecular weight is 388 g/mol. The van der Waals surface area contributed by atoms with Gasteiger partial charge in [-0.15, -0.1) is 0 Å². The highest BCUT2D eigenvalue weighted by atomic mass is 32.2. The summed E-state index contributed by atoms with van der Waals surface area (Å²) in [5.74, 6) is 1.27. The number of nitrogens with one attached hydrogen (secondary N) is 2. The first-order valence-electron chi connectivity index (χ1n) is 8.61. The summed E-state index contributed by atoms with van der Waals surface area (Å²) >= 11 is 1.68. The van der Waals surface area contributed by atoms with E-state index < -0.39 is 12.0 Å². The summed E-state index contributed by atoms with van der Waals surface area (Å²) in [6, 6.07) is 14.3. The summed E-state index contributed by atoms with van der Waals surface area (Å²) in [5.41, 5.74) is 6.34. The van der Waals surface area contributed by atoms with Crippen molar-refractivity contribution >= 4 is 23.6 Å². The second kappa shape index (κ2) is 10.5. The summed E-state index contributed by atoms with van der Waals surface area (Å²) in [6.45, 7) is 4.10. The Hall–Kier alpha value is -2.67. The van der Waals surface area contributed by atoms with E-state index in [1.54, 1.807) is 55.1 Å². The summed E-state index contributed by atoms with van der Waals surface area (Å²) in [4.78, 5) is 24.3. The summed E-state index contributed by atoms with van der Waals surface area (Å²) in [7, 11) is 0. The normalized spacial score (nSPS) is 11.4. The van der Waals surface area contributed by atoms with E-state index in [2.05, 4.69) is 10.9 Å². The van der Waals surface area contributed by atoms with Gasteiger partial charge in [-0.25, -0.2) is 0 Å². The van der Waals surface area contributed by atoms with Gasteiger partial charge in [-0.3, -0.25) is 20.4 Å². The van der Waals surface area contributed by atoms with E-state index in [0.717, 1.165) is 17.1 Å². The molecule has 7 heteroatoms. The summed E-state index contributed by atoms with van der Waals surface area (Å²) in [5, 5.41) is 0. The van der Waals surface area contributed by atoms with Gasteiger partial charge in [-0.1, -0.05) is 12.1 Å². The number of ether oxygens (including phenoxy) is 2. The van der Waals surface area contributed by atoms with Crippen molar-refractivity contribution in [1.29, 1.82) is 0 Å². The lowest BCUT2D eigenvalue weighted by Crippen LogP contribution is -2.47. The molecule has 0 fully saturated rings. The molecule has 0 aliphatic rings. The minimum atomic E-state index is -0.772. The zero-order valence-electron chi connectivity index (χ0n) is 15.7. The third-order valence-electron chi connectivity index (χ3n) is 3.62. The smallest absolute Gasteiger partial charge is 0.279 e. The van der Waals surface area contributed by atoms with Crippen molar-refractivity contribution in [2.75, 3.05) is 12.9 Å². The molecule has 144 valence electrons. The fourth-order valence-electron chi connectivity index (χ4n) is 2.30. The number of hydrogen-bond acceptors (Lipinski definition) is 5. The minimum absolute atomic E-state index is 0.375. The van der Waals surface area contributed by atoms with Gasteiger partial charge in [-0.05, 0) is 62.1 Å². The molecular formula is C20H24N2O4S. The highest BCUT2D eigenvalue weighted by molar-refractivity contribution is 7.97. The van der Waals surface area contributed by atoms with E-state index in [-0.39, 0.29) is 5.91 Å². The molecule has 0 aliphatic heterocycles. The predicted octanol–water partition coefficient (Wildman–Crippen LogP) is 3.18. The molecule has 6 nitrogen and oxygen atoms in total. The number of thioether (sulfide) groups is 1. The maximum atomic E-state index is 12.2. The first-order chi connectivity index (χ1) is 13.0. The minimum Gasteiger partial charge on any atom is -0.494 e. The molecule has 2 aromatic carbocycles. The van der Waals surface area contributed by atoms with E-state index in [4.69, 9.17) is 9.47 Å². The van der Waals surface area contributed by atoms with E-state index in [1.165, 1.54) is 0 Å². The second-order valence-corrected chi connectivity index (χ2v) is 6.61. The molecule has 0 spiro atoms. The molecule has 2 aromatic rings. The lowest BCUT2D eigenvalue weighted by atomic mass is 10.1. The van der Waals surface area contributed by atoms with Crippen LogP contribution in [0.3, 0.4) is 0 Å². The fourth-order valence-corrected chi connectivity index (χ4v) is 2.81. The Balaban J connectivity index is 1.85. The Morgan fingerprint density at radius 2 is 1.78 bits per heavy atom. The lowest BCUT2D eigenvalue weighted by Gasteiger charge is -2.15. The van der Waals surface area contributed by atoms with Gasteiger partial charge in [0, 0.05) is 11.3 Å². The molecule has 2 N–H and O–H groups in total. The highest BCUT2D eigenvalue weighted by Crippen LogP contribution is 2.18. The van der Waals surface area contributed by atoms with Gasteiger partial charge in [0.2, 0.25) is 0 Å². The highest BCUT2D eigenvalue weighted by Gasteiger charge is 2.16. The van der Waals surface area contributed by atoms with Crippen LogP contribution in [0.25, 0.3) is 0 Å². The Bertz CT molecular complexity index is 765. The topological polar surface area (TPSA) is 76.7 Å². The van der Waals surface area contributed by atoms with Crippen molar-refractivity contribution in [3.63, 3.8) is 0 Å². The van der Waals surface area contributed by atoms with Crippen LogP contribution in [0.5, 0.6) is 11.5 Å². The van der Waals surface area contributed by atoms with Crippen LogP contribution in [0.2, 0.25) is 0 Å². The molecule has 0 unspecified atom stereocenters. The quantitative estimate of drug-likeness (QED) is 0.679. The lowest BCUT2D eigenvalue weighted by molar-refractivity contribution is -0.128. The monoisotopic (exact) mass is 388 g/mol. The van der Waals surface area contributed by atoms with Gasteiger partial charge in [0.1, 0.15) is 11.5 Å². The van der Waals surface area contributed by atoms with E-state index in [0.29, 0.717) is 17.9 Å². The summed E-state index contributed by atoms with van der Waals surface area (Å²) in [6.07, 6.45) is 1.23. The number of hydrogen-bond donors (Lipinski definition) is 2. The fraction of sp³-hybridized carbons (Fsp3) is 0.300. The Morgan fingerprint density at radius 3 is 2.44 bits per heavy atom. The molecule has 0 radical (unpaired) electrons. The van der Waals surface area contributed by atoms with Gasteiger partial charge >= 0.3 is 0 Å². The Morgan fingerprint density at radius 1 is 1.07 bits per heavy atom. The number of benzene rings is 2. The van der Waals surface area contributed by atoms with Crippen molar-refractivity contribution in [2.45, 2.75) is 25.7 Å². The van der Waals surface area contributed by atoms with Crippen LogP contribution in [-0.2, 0) is 10.5 Å². The van der Waals surface area contributed by atoms with Crippen molar-refractivity contribution < 1.29 is 19.1 Å². The molecule has 0 saturated heterocycles. The molecule has 0 aromatic heterocycles. The SMILES string of the molecule is CCOc1ccc(O[C@@H](C)C(=O)NNC(=O)c2cccc(CSC)c2)cc1. The molecule has 2 rings (SSSR count). The largest absolute Gasteiger partial charge is 0.494 e. The predicted molar refractivity (Wildman–Crippen MR) is 107 cm³/mol. The third kappa shape index (κ3) is 6.53. The van der Waals surface area contributed by atoms with Gasteiger partial charge < -0.3 is 9.47 Å². The van der Waals surface area contributed by atoms with Crippen LogP contribution in [-0.4, -0.2) is 30.8 Å². The van der Waals surface area contributed by atoms with Crippen molar-refractivity contribution in [3.8, 4) is 11.5 Å². The number of amides is 2. The number of carbonyl (C=O) groups is 2. The van der Waals surface area contributed by atoms with Gasteiger partial charge in [-0.2, -0.15) is 11.8 Å². The summed E-state index contributed by atoms with van der Waals surface area (Å²) < 4.78 is 10.9. The van der Waals surface area contributed by atoms with Gasteiger partial charge in [0.15, 0.2) is 6.10 Å². The average Bonchev–Trinajstić information content (AvgIpc) is 2.68. The molecule has 0 bridgehead atoms. The molecule has 0 aliphatic carbocycles. The number of carbonyl (C=O) groups excluding carboxylic acids is 2. The van der Waals surface area contributed by atoms with E-state index in [9.17, 15) is 9.59 Å². The van der Waals surface area contributed by atoms with E-state index in [1.807, 2.05) is 25.3 Å². The molecule has 0 heterocycles. The molecular weight excluding hydrogens is 364 g/mol. The standard InChI is InChI=1S/C20H24N2O4S/c1-4-25-17-8-10-18(11-9-17)26-14(2)19(23)21-22-20(24)16-7-5-6-15(12-16)13-27-3/h5-12,14H,4,13H2,1-3H3,(H,21,23)(H,22,24)/t14-/m0/s1. The van der Waals surface area contributed by atoms with Gasteiger partial charge in [0.05, 0.1) is 6.61 Å². The van der Waals surface area contributed by atoms with Crippen LogP contribution in [0.4, 0.5) is 0 Å². The van der Waals surface area contributed by atoms with Crippen molar-refractivity contribution in [3.05, 3.63) is 59.7 Å². The number of rotatable bonds is 8. The maximum Gasteiger partial charge on any atom is 0.279 e. The Labute approximate surface area is 163 Å². The zero-order valence-corrected chi connectivity index (χ0v) is 16.5. The van der Waals surface area contributed by atoms with Crippen LogP contribution < -0.4 is 20.3 Å².